The molecule has 0 amide bonds. The average molecular weight is 418 g/mol. The van der Waals surface area contributed by atoms with Gasteiger partial charge in [-0.1, -0.05) is 0 Å². The smallest absolute Gasteiger partial charge is 0.239 e. The summed E-state index contributed by atoms with van der Waals surface area (Å²) < 4.78 is 16.5. The summed E-state index contributed by atoms with van der Waals surface area (Å²) in [6.45, 7) is -0.588. The van der Waals surface area contributed by atoms with Crippen LogP contribution in [0.1, 0.15) is 0 Å². The molecule has 1 aliphatic rings. The molecule has 4 atom stereocenters. The summed E-state index contributed by atoms with van der Waals surface area (Å²) in [7, 11) is 0. The van der Waals surface area contributed by atoms with Crippen molar-refractivity contribution >= 4 is 11.0 Å². The van der Waals surface area contributed by atoms with Gasteiger partial charge in [-0.25, -0.2) is 0 Å². The van der Waals surface area contributed by atoms with E-state index < -0.39 is 48.1 Å². The van der Waals surface area contributed by atoms with Crippen molar-refractivity contribution in [1.29, 1.82) is 0 Å². The van der Waals surface area contributed by atoms with Gasteiger partial charge >= 0.3 is 0 Å². The van der Waals surface area contributed by atoms with E-state index in [-0.39, 0.29) is 28.2 Å². The number of phenols is 3. The van der Waals surface area contributed by atoms with E-state index in [0.29, 0.717) is 5.56 Å². The highest BCUT2D eigenvalue weighted by Gasteiger charge is 2.44. The molecule has 158 valence electrons. The van der Waals surface area contributed by atoms with Crippen LogP contribution in [0.2, 0.25) is 0 Å². The standard InChI is InChI=1S/C20H18O10/c21-7-13-15(25)17(27)20(29-13)30-19-16(26)14-11(24)5-10(23)6-12(14)28-18(19)8-1-3-9(22)4-2-8/h1-6,13,15,17,20-25,27H,7H2/t13-,15+,17-,20-/m0/s1. The maximum Gasteiger partial charge on any atom is 0.239 e. The predicted molar refractivity (Wildman–Crippen MR) is 101 cm³/mol. The van der Waals surface area contributed by atoms with Crippen LogP contribution in [0.25, 0.3) is 22.3 Å². The quantitative estimate of drug-likeness (QED) is 0.348. The maximum absolute atomic E-state index is 13.1. The second-order valence-electron chi connectivity index (χ2n) is 6.80. The molecule has 0 aliphatic carbocycles. The third kappa shape index (κ3) is 3.31. The summed E-state index contributed by atoms with van der Waals surface area (Å²) in [4.78, 5) is 13.1. The largest absolute Gasteiger partial charge is 0.508 e. The topological polar surface area (TPSA) is 170 Å². The molecule has 0 bridgehead atoms. The second-order valence-corrected chi connectivity index (χ2v) is 6.80. The molecule has 4 rings (SSSR count). The summed E-state index contributed by atoms with van der Waals surface area (Å²) >= 11 is 0. The van der Waals surface area contributed by atoms with Gasteiger partial charge in [0.1, 0.15) is 46.5 Å². The van der Waals surface area contributed by atoms with E-state index in [4.69, 9.17) is 13.9 Å². The molecular weight excluding hydrogens is 400 g/mol. The number of benzene rings is 2. The van der Waals surface area contributed by atoms with Crippen LogP contribution in [0.3, 0.4) is 0 Å². The van der Waals surface area contributed by atoms with Crippen LogP contribution in [0, 0.1) is 0 Å². The van der Waals surface area contributed by atoms with Crippen molar-refractivity contribution in [3.63, 3.8) is 0 Å². The predicted octanol–water partition coefficient (Wildman–Crippen LogP) is 0.395. The number of fused-ring (bicyclic) bond motifs is 1. The minimum Gasteiger partial charge on any atom is -0.508 e. The second kappa shape index (κ2) is 7.50. The van der Waals surface area contributed by atoms with Crippen LogP contribution < -0.4 is 10.2 Å². The van der Waals surface area contributed by atoms with Gasteiger partial charge in [0.05, 0.1) is 6.61 Å². The van der Waals surface area contributed by atoms with Crippen LogP contribution in [0.15, 0.2) is 45.6 Å². The van der Waals surface area contributed by atoms with Crippen LogP contribution in [0.4, 0.5) is 0 Å². The van der Waals surface area contributed by atoms with E-state index in [9.17, 15) is 35.4 Å². The van der Waals surface area contributed by atoms with E-state index in [1.165, 1.54) is 24.3 Å². The third-order valence-electron chi connectivity index (χ3n) is 4.78. The fourth-order valence-electron chi connectivity index (χ4n) is 3.26. The highest BCUT2D eigenvalue weighted by molar-refractivity contribution is 5.88. The van der Waals surface area contributed by atoms with Gasteiger partial charge in [0, 0.05) is 17.7 Å². The number of aromatic hydroxyl groups is 3. The monoisotopic (exact) mass is 418 g/mol. The zero-order chi connectivity index (χ0) is 21.6. The first-order valence-electron chi connectivity index (χ1n) is 8.91. The third-order valence-corrected chi connectivity index (χ3v) is 4.78. The first-order chi connectivity index (χ1) is 14.3. The normalized spacial score (nSPS) is 23.7. The molecule has 0 saturated carbocycles. The van der Waals surface area contributed by atoms with Crippen molar-refractivity contribution in [1.82, 2.24) is 0 Å². The molecule has 0 unspecified atom stereocenters. The number of hydrogen-bond acceptors (Lipinski definition) is 10. The van der Waals surface area contributed by atoms with Gasteiger partial charge in [-0.2, -0.15) is 0 Å². The maximum atomic E-state index is 13.1. The summed E-state index contributed by atoms with van der Waals surface area (Å²) in [5, 5.41) is 58.4. The summed E-state index contributed by atoms with van der Waals surface area (Å²) in [5.74, 6) is -1.50. The molecule has 2 heterocycles. The molecule has 6 N–H and O–H groups in total. The molecule has 1 fully saturated rings. The zero-order valence-electron chi connectivity index (χ0n) is 15.3. The van der Waals surface area contributed by atoms with E-state index >= 15 is 0 Å². The molecule has 1 aromatic heterocycles. The van der Waals surface area contributed by atoms with Crippen molar-refractivity contribution < 1.29 is 44.5 Å². The Labute approximate surface area is 168 Å². The van der Waals surface area contributed by atoms with Gasteiger partial charge in [0.2, 0.25) is 17.5 Å². The van der Waals surface area contributed by atoms with Crippen LogP contribution >= 0.6 is 0 Å². The van der Waals surface area contributed by atoms with E-state index in [1.807, 2.05) is 0 Å². The highest BCUT2D eigenvalue weighted by atomic mass is 16.7. The lowest BCUT2D eigenvalue weighted by Gasteiger charge is -2.18. The highest BCUT2D eigenvalue weighted by Crippen LogP contribution is 2.37. The lowest BCUT2D eigenvalue weighted by Crippen LogP contribution is -2.36. The Morgan fingerprint density at radius 3 is 2.30 bits per heavy atom. The van der Waals surface area contributed by atoms with Gasteiger partial charge in [-0.3, -0.25) is 4.79 Å². The van der Waals surface area contributed by atoms with Crippen molar-refractivity contribution in [3.05, 3.63) is 46.6 Å². The summed E-state index contributed by atoms with van der Waals surface area (Å²) in [6, 6.07) is 7.65. The summed E-state index contributed by atoms with van der Waals surface area (Å²) in [6.07, 6.45) is -5.65. The Balaban J connectivity index is 1.90. The van der Waals surface area contributed by atoms with Crippen LogP contribution in [0.5, 0.6) is 23.0 Å². The molecular formula is C20H18O10. The first kappa shape index (κ1) is 20.0. The summed E-state index contributed by atoms with van der Waals surface area (Å²) in [5.41, 5.74) is -0.653. The SMILES string of the molecule is O=c1c(O[C@@H]2O[C@@H](CO)[C@@H](O)[C@@H]2O)c(-c2ccc(O)cc2)oc2cc(O)cc(O)c12. The minimum absolute atomic E-state index is 0.0388. The van der Waals surface area contributed by atoms with E-state index in [0.717, 1.165) is 12.1 Å². The molecule has 0 spiro atoms. The molecule has 2 aromatic carbocycles. The molecule has 10 heteroatoms. The Morgan fingerprint density at radius 2 is 1.67 bits per heavy atom. The number of rotatable bonds is 4. The van der Waals surface area contributed by atoms with E-state index in [1.54, 1.807) is 0 Å². The van der Waals surface area contributed by atoms with Crippen LogP contribution in [-0.2, 0) is 4.74 Å². The van der Waals surface area contributed by atoms with Gasteiger partial charge < -0.3 is 44.5 Å². The van der Waals surface area contributed by atoms with E-state index in [2.05, 4.69) is 0 Å². The average Bonchev–Trinajstić information content (AvgIpc) is 2.97. The van der Waals surface area contributed by atoms with Gasteiger partial charge in [0.25, 0.3) is 0 Å². The number of aliphatic hydroxyl groups excluding tert-OH is 3. The first-order valence-corrected chi connectivity index (χ1v) is 8.91. The van der Waals surface area contributed by atoms with Crippen molar-refractivity contribution in [2.45, 2.75) is 24.6 Å². The Bertz CT molecular complexity index is 1140. The van der Waals surface area contributed by atoms with Crippen molar-refractivity contribution in [2.75, 3.05) is 6.61 Å². The Kier molecular flexibility index (Phi) is 5.00. The number of phenolic OH excluding ortho intramolecular Hbond substituents is 3. The Hall–Kier alpha value is -3.31. The molecule has 10 nitrogen and oxygen atoms in total. The minimum atomic E-state index is -1.57. The number of ether oxygens (including phenoxy) is 2. The van der Waals surface area contributed by atoms with Crippen molar-refractivity contribution in [2.24, 2.45) is 0 Å². The van der Waals surface area contributed by atoms with Crippen molar-refractivity contribution in [3.8, 4) is 34.3 Å². The zero-order valence-corrected chi connectivity index (χ0v) is 15.3. The lowest BCUT2D eigenvalue weighted by molar-refractivity contribution is -0.117. The number of aliphatic hydroxyl groups is 3. The lowest BCUT2D eigenvalue weighted by atomic mass is 10.1. The molecule has 30 heavy (non-hydrogen) atoms. The van der Waals surface area contributed by atoms with Gasteiger partial charge in [-0.05, 0) is 24.3 Å². The molecule has 3 aromatic rings. The van der Waals surface area contributed by atoms with Gasteiger partial charge in [0.15, 0.2) is 5.76 Å². The molecule has 0 radical (unpaired) electrons. The molecule has 1 saturated heterocycles. The Morgan fingerprint density at radius 1 is 0.967 bits per heavy atom. The fourth-order valence-corrected chi connectivity index (χ4v) is 3.26. The van der Waals surface area contributed by atoms with Crippen LogP contribution in [-0.4, -0.2) is 61.8 Å². The van der Waals surface area contributed by atoms with Gasteiger partial charge in [-0.15, -0.1) is 0 Å². The number of hydrogen-bond donors (Lipinski definition) is 6. The fraction of sp³-hybridized carbons (Fsp3) is 0.250. The molecule has 1 aliphatic heterocycles.